The molecule has 2 aromatic rings. The van der Waals surface area contributed by atoms with E-state index in [0.29, 0.717) is 17.7 Å². The van der Waals surface area contributed by atoms with E-state index in [1.54, 1.807) is 7.11 Å². The predicted molar refractivity (Wildman–Crippen MR) is 87.4 cm³/mol. The highest BCUT2D eigenvalue weighted by atomic mass is 32.1. The van der Waals surface area contributed by atoms with Crippen molar-refractivity contribution in [2.24, 2.45) is 0 Å². The average Bonchev–Trinajstić information content (AvgIpc) is 3.28. The number of hydrogen-bond acceptors (Lipinski definition) is 4. The number of anilines is 1. The zero-order valence-corrected chi connectivity index (χ0v) is 13.5. The van der Waals surface area contributed by atoms with Crippen molar-refractivity contribution in [2.75, 3.05) is 12.4 Å². The van der Waals surface area contributed by atoms with Crippen LogP contribution in [0.5, 0.6) is 5.75 Å². The summed E-state index contributed by atoms with van der Waals surface area (Å²) < 4.78 is 5.16. The lowest BCUT2D eigenvalue weighted by Crippen LogP contribution is -2.36. The first-order valence-electron chi connectivity index (χ1n) is 7.28. The van der Waals surface area contributed by atoms with E-state index in [1.165, 1.54) is 11.3 Å². The second-order valence-corrected chi connectivity index (χ2v) is 6.29. The number of ether oxygens (including phenoxy) is 1. The highest BCUT2D eigenvalue weighted by molar-refractivity contribution is 7.13. The van der Waals surface area contributed by atoms with Crippen molar-refractivity contribution >= 4 is 22.5 Å². The van der Waals surface area contributed by atoms with Gasteiger partial charge in [0.1, 0.15) is 5.75 Å². The molecule has 1 fully saturated rings. The smallest absolute Gasteiger partial charge is 0.324 e. The van der Waals surface area contributed by atoms with Crippen LogP contribution in [0.25, 0.3) is 0 Å². The van der Waals surface area contributed by atoms with Crippen molar-refractivity contribution in [3.05, 3.63) is 40.9 Å². The first-order valence-corrected chi connectivity index (χ1v) is 8.16. The fourth-order valence-electron chi connectivity index (χ4n) is 2.26. The third-order valence-electron chi connectivity index (χ3n) is 3.59. The zero-order valence-electron chi connectivity index (χ0n) is 12.7. The Hall–Kier alpha value is -2.08. The van der Waals surface area contributed by atoms with E-state index in [4.69, 9.17) is 4.74 Å². The van der Waals surface area contributed by atoms with E-state index in [1.807, 2.05) is 41.5 Å². The Balaban J connectivity index is 1.67. The number of nitrogens with zero attached hydrogens (tertiary/aromatic N) is 2. The van der Waals surface area contributed by atoms with Crippen LogP contribution in [-0.4, -0.2) is 29.1 Å². The molecule has 1 N–H and O–H groups in total. The van der Waals surface area contributed by atoms with Gasteiger partial charge in [-0.1, -0.05) is 12.1 Å². The molecule has 0 unspecified atom stereocenters. The van der Waals surface area contributed by atoms with E-state index in [2.05, 4.69) is 10.3 Å². The van der Waals surface area contributed by atoms with E-state index in [0.717, 1.165) is 29.8 Å². The molecule has 1 aliphatic carbocycles. The van der Waals surface area contributed by atoms with Gasteiger partial charge in [0.25, 0.3) is 0 Å². The number of methoxy groups -OCH3 is 1. The number of hydrogen-bond donors (Lipinski definition) is 1. The van der Waals surface area contributed by atoms with Crippen LogP contribution >= 0.6 is 11.3 Å². The van der Waals surface area contributed by atoms with Crippen molar-refractivity contribution in [1.82, 2.24) is 9.88 Å². The van der Waals surface area contributed by atoms with Crippen LogP contribution in [0.4, 0.5) is 9.93 Å². The van der Waals surface area contributed by atoms with Crippen molar-refractivity contribution in [1.29, 1.82) is 0 Å². The summed E-state index contributed by atoms with van der Waals surface area (Å²) >= 11 is 1.45. The molecular weight excluding hydrogens is 298 g/mol. The van der Waals surface area contributed by atoms with Crippen LogP contribution in [0, 0.1) is 6.92 Å². The fraction of sp³-hybridized carbons (Fsp3) is 0.375. The number of amides is 2. The Morgan fingerprint density at radius 2 is 2.14 bits per heavy atom. The number of thiazole rings is 1. The third-order valence-corrected chi connectivity index (χ3v) is 4.47. The summed E-state index contributed by atoms with van der Waals surface area (Å²) in [5.41, 5.74) is 2.02. The van der Waals surface area contributed by atoms with E-state index in [9.17, 15) is 4.79 Å². The van der Waals surface area contributed by atoms with Crippen molar-refractivity contribution < 1.29 is 9.53 Å². The van der Waals surface area contributed by atoms with Gasteiger partial charge < -0.3 is 9.64 Å². The molecule has 2 amide bonds. The first kappa shape index (κ1) is 14.8. The Bertz CT molecular complexity index is 650. The van der Waals surface area contributed by atoms with E-state index in [-0.39, 0.29) is 6.03 Å². The number of carbonyl (C=O) groups excluding carboxylic acids is 1. The molecular formula is C16H19N3O2S. The Kier molecular flexibility index (Phi) is 4.29. The van der Waals surface area contributed by atoms with Gasteiger partial charge in [0, 0.05) is 18.0 Å². The summed E-state index contributed by atoms with van der Waals surface area (Å²) in [5.74, 6) is 0.824. The maximum absolute atomic E-state index is 12.5. The van der Waals surface area contributed by atoms with Crippen molar-refractivity contribution in [3.8, 4) is 5.75 Å². The molecule has 1 aromatic heterocycles. The Labute approximate surface area is 133 Å². The Morgan fingerprint density at radius 3 is 2.68 bits per heavy atom. The molecule has 0 atom stereocenters. The summed E-state index contributed by atoms with van der Waals surface area (Å²) in [4.78, 5) is 18.7. The second-order valence-electron chi connectivity index (χ2n) is 5.43. The maximum atomic E-state index is 12.5. The van der Waals surface area contributed by atoms with Gasteiger partial charge in [0.05, 0.1) is 12.8 Å². The molecule has 116 valence electrons. The van der Waals surface area contributed by atoms with Gasteiger partial charge in [0.15, 0.2) is 5.13 Å². The number of rotatable bonds is 5. The fourth-order valence-corrected chi connectivity index (χ4v) is 2.93. The molecule has 5 nitrogen and oxygen atoms in total. The second kappa shape index (κ2) is 6.36. The van der Waals surface area contributed by atoms with Crippen molar-refractivity contribution in [3.63, 3.8) is 0 Å². The SMILES string of the molecule is COc1ccc(CN(C(=O)Nc2nc(C)cs2)C2CC2)cc1. The van der Waals surface area contributed by atoms with Gasteiger partial charge in [-0.3, -0.25) is 5.32 Å². The molecule has 22 heavy (non-hydrogen) atoms. The number of aryl methyl sites for hydroxylation is 1. The summed E-state index contributed by atoms with van der Waals surface area (Å²) in [6.07, 6.45) is 2.14. The minimum absolute atomic E-state index is 0.0762. The number of urea groups is 1. The first-order chi connectivity index (χ1) is 10.7. The normalized spacial score (nSPS) is 13.7. The minimum atomic E-state index is -0.0762. The highest BCUT2D eigenvalue weighted by Crippen LogP contribution is 2.29. The largest absolute Gasteiger partial charge is 0.497 e. The van der Waals surface area contributed by atoms with Gasteiger partial charge in [-0.2, -0.15) is 0 Å². The monoisotopic (exact) mass is 317 g/mol. The van der Waals surface area contributed by atoms with Crippen LogP contribution in [0.15, 0.2) is 29.6 Å². The molecule has 1 saturated carbocycles. The molecule has 0 radical (unpaired) electrons. The maximum Gasteiger partial charge on any atom is 0.324 e. The van der Waals surface area contributed by atoms with Crippen LogP contribution < -0.4 is 10.1 Å². The number of nitrogens with one attached hydrogen (secondary N) is 1. The molecule has 3 rings (SSSR count). The zero-order chi connectivity index (χ0) is 15.5. The van der Waals surface area contributed by atoms with Crippen LogP contribution in [0.1, 0.15) is 24.1 Å². The van der Waals surface area contributed by atoms with E-state index < -0.39 is 0 Å². The quantitative estimate of drug-likeness (QED) is 0.915. The summed E-state index contributed by atoms with van der Waals surface area (Å²) in [7, 11) is 1.65. The lowest BCUT2D eigenvalue weighted by atomic mass is 10.2. The van der Waals surface area contributed by atoms with E-state index >= 15 is 0 Å². The molecule has 0 aliphatic heterocycles. The van der Waals surface area contributed by atoms with Crippen LogP contribution in [0.3, 0.4) is 0 Å². The number of benzene rings is 1. The molecule has 6 heteroatoms. The molecule has 0 spiro atoms. The highest BCUT2D eigenvalue weighted by Gasteiger charge is 2.32. The van der Waals surface area contributed by atoms with Gasteiger partial charge in [-0.05, 0) is 37.5 Å². The predicted octanol–water partition coefficient (Wildman–Crippen LogP) is 3.66. The summed E-state index contributed by atoms with van der Waals surface area (Å²) in [6, 6.07) is 8.09. The van der Waals surface area contributed by atoms with Crippen molar-refractivity contribution in [2.45, 2.75) is 32.4 Å². The van der Waals surface area contributed by atoms with Gasteiger partial charge >= 0.3 is 6.03 Å². The van der Waals surface area contributed by atoms with Gasteiger partial charge in [0.2, 0.25) is 0 Å². The van der Waals surface area contributed by atoms with Gasteiger partial charge in [-0.15, -0.1) is 11.3 Å². The Morgan fingerprint density at radius 1 is 1.41 bits per heavy atom. The van der Waals surface area contributed by atoms with Crippen LogP contribution in [-0.2, 0) is 6.54 Å². The number of carbonyl (C=O) groups is 1. The lowest BCUT2D eigenvalue weighted by molar-refractivity contribution is 0.206. The molecule has 1 aliphatic rings. The number of aromatic nitrogens is 1. The standard InChI is InChI=1S/C16H19N3O2S/c1-11-10-22-15(17-11)18-16(20)19(13-5-6-13)9-12-3-7-14(21-2)8-4-12/h3-4,7-8,10,13H,5-6,9H2,1-2H3,(H,17,18,20). The summed E-state index contributed by atoms with van der Waals surface area (Å²) in [5, 5.41) is 5.48. The molecule has 1 aromatic carbocycles. The lowest BCUT2D eigenvalue weighted by Gasteiger charge is -2.22. The summed E-state index contributed by atoms with van der Waals surface area (Å²) in [6.45, 7) is 2.52. The third kappa shape index (κ3) is 3.57. The average molecular weight is 317 g/mol. The molecule has 1 heterocycles. The molecule has 0 saturated heterocycles. The molecule has 0 bridgehead atoms. The van der Waals surface area contributed by atoms with Gasteiger partial charge in [-0.25, -0.2) is 9.78 Å². The minimum Gasteiger partial charge on any atom is -0.497 e. The topological polar surface area (TPSA) is 54.5 Å². The van der Waals surface area contributed by atoms with Crippen LogP contribution in [0.2, 0.25) is 0 Å².